The third-order valence-corrected chi connectivity index (χ3v) is 3.66. The smallest absolute Gasteiger partial charge is 0.239 e. The Hall–Kier alpha value is -1.11. The van der Waals surface area contributed by atoms with Crippen LogP contribution in [0.15, 0.2) is 11.6 Å². The summed E-state index contributed by atoms with van der Waals surface area (Å²) in [5.74, 6) is 0.523. The number of ether oxygens (including phenoxy) is 2. The van der Waals surface area contributed by atoms with Crippen LogP contribution in [0.2, 0.25) is 0 Å². The number of imidazole rings is 1. The van der Waals surface area contributed by atoms with Crippen LogP contribution in [0.3, 0.4) is 0 Å². The second-order valence-electron chi connectivity index (χ2n) is 4.02. The zero-order valence-electron chi connectivity index (χ0n) is 9.33. The maximum absolute atomic E-state index is 9.35. The third kappa shape index (κ3) is 2.03. The molecular weight excluding hydrogens is 240 g/mol. The molecule has 2 aromatic heterocycles. The van der Waals surface area contributed by atoms with Crippen LogP contribution < -0.4 is 4.74 Å². The summed E-state index contributed by atoms with van der Waals surface area (Å²) < 4.78 is 13.0. The predicted octanol–water partition coefficient (Wildman–Crippen LogP) is 1.45. The van der Waals surface area contributed by atoms with Crippen molar-refractivity contribution in [2.24, 2.45) is 0 Å². The molecule has 1 aliphatic heterocycles. The standard InChI is InChI=1S/C11H14N2O3S/c14-6-9-10(12-11-13(9)3-5-17-11)16-7-8-2-1-4-15-8/h3,5,8,14H,1-2,4,6-7H2. The number of hydrogen-bond acceptors (Lipinski definition) is 5. The van der Waals surface area contributed by atoms with Crippen molar-refractivity contribution >= 4 is 16.3 Å². The molecule has 1 saturated heterocycles. The Morgan fingerprint density at radius 2 is 2.59 bits per heavy atom. The Morgan fingerprint density at radius 1 is 1.65 bits per heavy atom. The molecule has 2 aromatic rings. The molecule has 1 aliphatic rings. The summed E-state index contributed by atoms with van der Waals surface area (Å²) in [6.45, 7) is 1.26. The summed E-state index contributed by atoms with van der Waals surface area (Å²) in [5, 5.41) is 11.3. The highest BCUT2D eigenvalue weighted by atomic mass is 32.1. The van der Waals surface area contributed by atoms with Gasteiger partial charge in [0.2, 0.25) is 5.88 Å². The van der Waals surface area contributed by atoms with Gasteiger partial charge in [0.1, 0.15) is 12.3 Å². The van der Waals surface area contributed by atoms with Crippen molar-refractivity contribution in [2.45, 2.75) is 25.6 Å². The van der Waals surface area contributed by atoms with Crippen molar-refractivity contribution in [2.75, 3.05) is 13.2 Å². The Bertz CT molecular complexity index is 502. The number of rotatable bonds is 4. The second kappa shape index (κ2) is 4.64. The maximum Gasteiger partial charge on any atom is 0.239 e. The fraction of sp³-hybridized carbons (Fsp3) is 0.545. The van der Waals surface area contributed by atoms with Gasteiger partial charge in [-0.3, -0.25) is 4.40 Å². The van der Waals surface area contributed by atoms with E-state index in [9.17, 15) is 5.11 Å². The summed E-state index contributed by atoms with van der Waals surface area (Å²) in [6.07, 6.45) is 4.19. The number of nitrogens with zero attached hydrogens (tertiary/aromatic N) is 2. The Kier molecular flexibility index (Phi) is 3.00. The number of aliphatic hydroxyl groups is 1. The van der Waals surface area contributed by atoms with Crippen LogP contribution >= 0.6 is 11.3 Å². The third-order valence-electron chi connectivity index (χ3n) is 2.90. The molecule has 0 amide bonds. The van der Waals surface area contributed by atoms with Gasteiger partial charge in [0.15, 0.2) is 4.96 Å². The minimum atomic E-state index is -0.0707. The minimum absolute atomic E-state index is 0.0707. The maximum atomic E-state index is 9.35. The topological polar surface area (TPSA) is 56.0 Å². The normalized spacial score (nSPS) is 20.2. The molecule has 0 bridgehead atoms. The first-order chi connectivity index (χ1) is 8.38. The zero-order valence-corrected chi connectivity index (χ0v) is 10.2. The number of hydrogen-bond donors (Lipinski definition) is 1. The first-order valence-corrected chi connectivity index (χ1v) is 6.56. The molecule has 3 rings (SSSR count). The van der Waals surface area contributed by atoms with Crippen molar-refractivity contribution < 1.29 is 14.6 Å². The Labute approximate surface area is 103 Å². The van der Waals surface area contributed by atoms with Crippen LogP contribution in [-0.2, 0) is 11.3 Å². The van der Waals surface area contributed by atoms with E-state index in [0.29, 0.717) is 18.2 Å². The first kappa shape index (κ1) is 11.0. The van der Waals surface area contributed by atoms with Gasteiger partial charge in [-0.2, -0.15) is 4.98 Å². The number of aliphatic hydroxyl groups excluding tert-OH is 1. The number of aromatic nitrogens is 2. The highest BCUT2D eigenvalue weighted by Crippen LogP contribution is 2.24. The average Bonchev–Trinajstić information content (AvgIpc) is 3.02. The summed E-state index contributed by atoms with van der Waals surface area (Å²) in [4.78, 5) is 5.19. The van der Waals surface area contributed by atoms with E-state index in [1.54, 1.807) is 0 Å². The van der Waals surface area contributed by atoms with Gasteiger partial charge in [-0.15, -0.1) is 11.3 Å². The summed E-state index contributed by atoms with van der Waals surface area (Å²) in [6, 6.07) is 0. The van der Waals surface area contributed by atoms with Gasteiger partial charge in [-0.25, -0.2) is 0 Å². The fourth-order valence-corrected chi connectivity index (χ4v) is 2.74. The predicted molar refractivity (Wildman–Crippen MR) is 63.5 cm³/mol. The summed E-state index contributed by atoms with van der Waals surface area (Å²) in [5.41, 5.74) is 0.708. The van der Waals surface area contributed by atoms with E-state index in [1.165, 1.54) is 11.3 Å². The van der Waals surface area contributed by atoms with Crippen molar-refractivity contribution in [3.8, 4) is 5.88 Å². The highest BCUT2D eigenvalue weighted by molar-refractivity contribution is 7.15. The van der Waals surface area contributed by atoms with Gasteiger partial charge >= 0.3 is 0 Å². The van der Waals surface area contributed by atoms with E-state index >= 15 is 0 Å². The van der Waals surface area contributed by atoms with Gasteiger partial charge in [0.05, 0.1) is 12.7 Å². The lowest BCUT2D eigenvalue weighted by atomic mass is 10.2. The highest BCUT2D eigenvalue weighted by Gasteiger charge is 2.19. The molecule has 6 heteroatoms. The lowest BCUT2D eigenvalue weighted by Gasteiger charge is -2.10. The van der Waals surface area contributed by atoms with Gasteiger partial charge in [-0.05, 0) is 12.8 Å². The second-order valence-corrected chi connectivity index (χ2v) is 4.90. The molecule has 0 saturated carbocycles. The summed E-state index contributed by atoms with van der Waals surface area (Å²) >= 11 is 1.53. The van der Waals surface area contributed by atoms with Crippen LogP contribution in [0, 0.1) is 0 Å². The van der Waals surface area contributed by atoms with Crippen LogP contribution in [0.25, 0.3) is 4.96 Å². The van der Waals surface area contributed by atoms with E-state index in [0.717, 1.165) is 24.4 Å². The molecule has 92 valence electrons. The quantitative estimate of drug-likeness (QED) is 0.897. The average molecular weight is 254 g/mol. The molecule has 5 nitrogen and oxygen atoms in total. The molecule has 1 atom stereocenters. The number of fused-ring (bicyclic) bond motifs is 1. The van der Waals surface area contributed by atoms with Crippen LogP contribution in [0.1, 0.15) is 18.5 Å². The number of thiazole rings is 1. The van der Waals surface area contributed by atoms with Crippen molar-refractivity contribution in [3.63, 3.8) is 0 Å². The lowest BCUT2D eigenvalue weighted by Crippen LogP contribution is -2.17. The van der Waals surface area contributed by atoms with Gasteiger partial charge in [0.25, 0.3) is 0 Å². The molecule has 0 aliphatic carbocycles. The van der Waals surface area contributed by atoms with Gasteiger partial charge in [-0.1, -0.05) is 0 Å². The first-order valence-electron chi connectivity index (χ1n) is 5.68. The van der Waals surface area contributed by atoms with E-state index < -0.39 is 0 Å². The van der Waals surface area contributed by atoms with E-state index in [2.05, 4.69) is 4.98 Å². The van der Waals surface area contributed by atoms with E-state index in [1.807, 2.05) is 16.0 Å². The molecule has 1 N–H and O–H groups in total. The monoisotopic (exact) mass is 254 g/mol. The fourth-order valence-electron chi connectivity index (χ4n) is 2.02. The largest absolute Gasteiger partial charge is 0.474 e. The van der Waals surface area contributed by atoms with E-state index in [-0.39, 0.29) is 12.7 Å². The molecular formula is C11H14N2O3S. The van der Waals surface area contributed by atoms with Crippen molar-refractivity contribution in [1.29, 1.82) is 0 Å². The Balaban J connectivity index is 1.76. The van der Waals surface area contributed by atoms with E-state index in [4.69, 9.17) is 9.47 Å². The molecule has 0 aromatic carbocycles. The van der Waals surface area contributed by atoms with Gasteiger partial charge < -0.3 is 14.6 Å². The minimum Gasteiger partial charge on any atom is -0.474 e. The van der Waals surface area contributed by atoms with Gasteiger partial charge in [0, 0.05) is 18.2 Å². The molecule has 3 heterocycles. The lowest BCUT2D eigenvalue weighted by molar-refractivity contribution is 0.0655. The van der Waals surface area contributed by atoms with Crippen molar-refractivity contribution in [1.82, 2.24) is 9.38 Å². The molecule has 1 unspecified atom stereocenters. The zero-order chi connectivity index (χ0) is 11.7. The SMILES string of the molecule is OCc1c(OCC2CCCO2)nc2sccn12. The Morgan fingerprint density at radius 3 is 3.35 bits per heavy atom. The molecule has 0 radical (unpaired) electrons. The molecule has 1 fully saturated rings. The molecule has 17 heavy (non-hydrogen) atoms. The van der Waals surface area contributed by atoms with Crippen LogP contribution in [0.4, 0.5) is 0 Å². The molecule has 0 spiro atoms. The van der Waals surface area contributed by atoms with Crippen molar-refractivity contribution in [3.05, 3.63) is 17.3 Å². The summed E-state index contributed by atoms with van der Waals surface area (Å²) in [7, 11) is 0. The van der Waals surface area contributed by atoms with Crippen LogP contribution in [-0.4, -0.2) is 33.8 Å². The van der Waals surface area contributed by atoms with Crippen LogP contribution in [0.5, 0.6) is 5.88 Å².